The smallest absolute Gasteiger partial charge is 0.433 e. The van der Waals surface area contributed by atoms with Gasteiger partial charge in [0.05, 0.1) is 28.6 Å². The molecule has 7 nitrogen and oxygen atoms in total. The fourth-order valence-electron chi connectivity index (χ4n) is 4.53. The number of nitrogens with zero attached hydrogens (tertiary/aromatic N) is 3. The number of pyridine rings is 1. The molecule has 0 radical (unpaired) electrons. The zero-order chi connectivity index (χ0) is 28.0. The van der Waals surface area contributed by atoms with Gasteiger partial charge in [0.2, 0.25) is 0 Å². The summed E-state index contributed by atoms with van der Waals surface area (Å²) in [6.45, 7) is 4.10. The van der Waals surface area contributed by atoms with E-state index in [2.05, 4.69) is 4.98 Å². The van der Waals surface area contributed by atoms with Gasteiger partial charge in [-0.05, 0) is 47.2 Å². The van der Waals surface area contributed by atoms with E-state index in [9.17, 15) is 36.8 Å². The molecule has 0 spiro atoms. The van der Waals surface area contributed by atoms with Gasteiger partial charge in [-0.3, -0.25) is 14.1 Å². The van der Waals surface area contributed by atoms with Gasteiger partial charge in [0.25, 0.3) is 10.0 Å². The van der Waals surface area contributed by atoms with Crippen LogP contribution in [0.2, 0.25) is 5.02 Å². The first kappa shape index (κ1) is 27.4. The Bertz CT molecular complexity index is 1600. The third-order valence-corrected chi connectivity index (χ3v) is 8.71. The Labute approximate surface area is 222 Å². The van der Waals surface area contributed by atoms with Crippen molar-refractivity contribution >= 4 is 33.3 Å². The first-order chi connectivity index (χ1) is 17.7. The first-order valence-electron chi connectivity index (χ1n) is 11.3. The Morgan fingerprint density at radius 1 is 1.21 bits per heavy atom. The number of rotatable bonds is 5. The standard InChI is InChI=1S/C26H21ClF3N3O4S/c1-25(2)7-8-33(21-6-4-3-5-19(21)25)38(36,37)22-12-17(20(27)9-15(22)11-24(34)35)18-14-32-23(26(28,29)30)10-16(18)13-31/h3-6,9-10,12,14H,7-8,11H2,1-2H3,(H,34,35). The molecule has 3 aromatic rings. The van der Waals surface area contributed by atoms with Gasteiger partial charge in [-0.2, -0.15) is 18.4 Å². The summed E-state index contributed by atoms with van der Waals surface area (Å²) in [6.07, 6.45) is -4.19. The lowest BCUT2D eigenvalue weighted by Crippen LogP contribution is -2.41. The molecule has 0 fully saturated rings. The van der Waals surface area contributed by atoms with Crippen molar-refractivity contribution in [1.82, 2.24) is 4.98 Å². The molecule has 0 amide bonds. The maximum absolute atomic E-state index is 14.1. The number of fused-ring (bicyclic) bond motifs is 1. The SMILES string of the molecule is CC1(C)CCN(S(=O)(=O)c2cc(-c3cnc(C(F)(F)F)cc3C#N)c(Cl)cc2CC(=O)O)c2ccccc21. The molecule has 12 heteroatoms. The Kier molecular flexibility index (Phi) is 6.93. The number of carboxylic acid groups (broad SMARTS) is 1. The van der Waals surface area contributed by atoms with Crippen molar-refractivity contribution in [1.29, 1.82) is 5.26 Å². The summed E-state index contributed by atoms with van der Waals surface area (Å²) >= 11 is 6.37. The molecule has 0 bridgehead atoms. The van der Waals surface area contributed by atoms with Crippen LogP contribution in [0.15, 0.2) is 53.6 Å². The lowest BCUT2D eigenvalue weighted by Gasteiger charge is -2.39. The van der Waals surface area contributed by atoms with Crippen LogP contribution in [0.4, 0.5) is 18.9 Å². The zero-order valence-electron chi connectivity index (χ0n) is 20.2. The molecule has 2 heterocycles. The molecule has 2 aromatic carbocycles. The highest BCUT2D eigenvalue weighted by Gasteiger charge is 2.38. The van der Waals surface area contributed by atoms with Crippen LogP contribution < -0.4 is 4.31 Å². The summed E-state index contributed by atoms with van der Waals surface area (Å²) < 4.78 is 68.8. The second-order valence-electron chi connectivity index (χ2n) is 9.46. The van der Waals surface area contributed by atoms with Crippen molar-refractivity contribution in [3.05, 3.63) is 76.1 Å². The van der Waals surface area contributed by atoms with Crippen molar-refractivity contribution in [3.8, 4) is 17.2 Å². The predicted molar refractivity (Wildman–Crippen MR) is 134 cm³/mol. The molecule has 1 aliphatic rings. The van der Waals surface area contributed by atoms with Crippen molar-refractivity contribution < 1.29 is 31.5 Å². The molecular weight excluding hydrogens is 543 g/mol. The molecule has 0 saturated heterocycles. The van der Waals surface area contributed by atoms with Gasteiger partial charge in [0.1, 0.15) is 5.69 Å². The number of nitriles is 1. The molecule has 0 aliphatic carbocycles. The monoisotopic (exact) mass is 563 g/mol. The van der Waals surface area contributed by atoms with Crippen molar-refractivity contribution in [2.24, 2.45) is 0 Å². The summed E-state index contributed by atoms with van der Waals surface area (Å²) in [5, 5.41) is 18.8. The topological polar surface area (TPSA) is 111 Å². The molecule has 38 heavy (non-hydrogen) atoms. The molecule has 0 unspecified atom stereocenters. The third-order valence-electron chi connectivity index (χ3n) is 6.51. The lowest BCUT2D eigenvalue weighted by molar-refractivity contribution is -0.141. The number of hydrogen-bond donors (Lipinski definition) is 1. The van der Waals surface area contributed by atoms with Crippen LogP contribution in [0, 0.1) is 11.3 Å². The average Bonchev–Trinajstić information content (AvgIpc) is 2.82. The Morgan fingerprint density at radius 3 is 2.53 bits per heavy atom. The molecule has 198 valence electrons. The number of para-hydroxylation sites is 1. The van der Waals surface area contributed by atoms with Crippen LogP contribution in [0.3, 0.4) is 0 Å². The van der Waals surface area contributed by atoms with Gasteiger partial charge < -0.3 is 5.11 Å². The van der Waals surface area contributed by atoms with Gasteiger partial charge in [-0.25, -0.2) is 8.42 Å². The highest BCUT2D eigenvalue weighted by molar-refractivity contribution is 7.93. The highest BCUT2D eigenvalue weighted by atomic mass is 35.5. The summed E-state index contributed by atoms with van der Waals surface area (Å²) in [5.74, 6) is -1.31. The van der Waals surface area contributed by atoms with Crippen LogP contribution in [-0.2, 0) is 32.8 Å². The number of anilines is 1. The van der Waals surface area contributed by atoms with Crippen molar-refractivity contribution in [2.75, 3.05) is 10.8 Å². The van der Waals surface area contributed by atoms with E-state index in [0.717, 1.165) is 23.9 Å². The quantitative estimate of drug-likeness (QED) is 0.420. The number of aromatic nitrogens is 1. The Hall–Kier alpha value is -3.62. The van der Waals surface area contributed by atoms with E-state index in [-0.39, 0.29) is 38.6 Å². The first-order valence-corrected chi connectivity index (χ1v) is 13.1. The number of hydrogen-bond acceptors (Lipinski definition) is 5. The van der Waals surface area contributed by atoms with Crippen molar-refractivity contribution in [2.45, 2.75) is 43.2 Å². The second kappa shape index (κ2) is 9.60. The lowest BCUT2D eigenvalue weighted by atomic mass is 9.78. The largest absolute Gasteiger partial charge is 0.481 e. The van der Waals surface area contributed by atoms with E-state index in [1.807, 2.05) is 19.9 Å². The molecule has 1 N–H and O–H groups in total. The summed E-state index contributed by atoms with van der Waals surface area (Å²) in [4.78, 5) is 14.6. The Morgan fingerprint density at radius 2 is 1.89 bits per heavy atom. The van der Waals surface area contributed by atoms with Gasteiger partial charge in [-0.1, -0.05) is 43.6 Å². The Balaban J connectivity index is 1.95. The van der Waals surface area contributed by atoms with Gasteiger partial charge in [0, 0.05) is 28.9 Å². The van der Waals surface area contributed by atoms with Crippen LogP contribution >= 0.6 is 11.6 Å². The van der Waals surface area contributed by atoms with E-state index in [1.54, 1.807) is 24.3 Å². The van der Waals surface area contributed by atoms with E-state index in [0.29, 0.717) is 18.2 Å². The normalized spacial score (nSPS) is 15.0. The van der Waals surface area contributed by atoms with E-state index in [1.165, 1.54) is 4.31 Å². The highest BCUT2D eigenvalue weighted by Crippen LogP contribution is 2.43. The number of aliphatic carboxylic acids is 1. The summed E-state index contributed by atoms with van der Waals surface area (Å²) in [5.41, 5.74) is -1.09. The molecule has 0 atom stereocenters. The van der Waals surface area contributed by atoms with E-state index in [4.69, 9.17) is 11.6 Å². The maximum atomic E-state index is 14.1. The maximum Gasteiger partial charge on any atom is 0.433 e. The molecule has 4 rings (SSSR count). The van der Waals surface area contributed by atoms with Crippen LogP contribution in [0.1, 0.15) is 42.7 Å². The van der Waals surface area contributed by atoms with Gasteiger partial charge in [-0.15, -0.1) is 0 Å². The molecule has 1 aromatic heterocycles. The molecule has 0 saturated carbocycles. The van der Waals surface area contributed by atoms with Gasteiger partial charge in [0.15, 0.2) is 0 Å². The van der Waals surface area contributed by atoms with Crippen LogP contribution in [0.5, 0.6) is 0 Å². The fourth-order valence-corrected chi connectivity index (χ4v) is 6.53. The van der Waals surface area contributed by atoms with E-state index >= 15 is 0 Å². The average molecular weight is 564 g/mol. The molecule has 1 aliphatic heterocycles. The predicted octanol–water partition coefficient (Wildman–Crippen LogP) is 5.80. The minimum Gasteiger partial charge on any atom is -0.481 e. The minimum absolute atomic E-state index is 0.0669. The summed E-state index contributed by atoms with van der Waals surface area (Å²) in [6, 6.07) is 11.5. The second-order valence-corrected chi connectivity index (χ2v) is 11.7. The number of halogens is 4. The van der Waals surface area contributed by atoms with Crippen molar-refractivity contribution in [3.63, 3.8) is 0 Å². The van der Waals surface area contributed by atoms with Crippen LogP contribution in [-0.4, -0.2) is 31.0 Å². The third kappa shape index (κ3) is 4.93. The number of alkyl halides is 3. The van der Waals surface area contributed by atoms with Crippen LogP contribution in [0.25, 0.3) is 11.1 Å². The minimum atomic E-state index is -4.80. The number of sulfonamides is 1. The number of benzene rings is 2. The van der Waals surface area contributed by atoms with E-state index < -0.39 is 39.8 Å². The molecular formula is C26H21ClF3N3O4S. The summed E-state index contributed by atoms with van der Waals surface area (Å²) in [7, 11) is -4.37. The number of carbonyl (C=O) groups is 1. The fraction of sp³-hybridized carbons (Fsp3) is 0.269. The number of carboxylic acids is 1. The van der Waals surface area contributed by atoms with Gasteiger partial charge >= 0.3 is 12.1 Å². The zero-order valence-corrected chi connectivity index (χ0v) is 21.7.